The number of esters is 1. The van der Waals surface area contributed by atoms with Crippen LogP contribution in [0.5, 0.6) is 11.5 Å². The zero-order valence-corrected chi connectivity index (χ0v) is 15.4. The molecule has 1 aromatic carbocycles. The van der Waals surface area contributed by atoms with Crippen LogP contribution in [0.15, 0.2) is 36.5 Å². The lowest BCUT2D eigenvalue weighted by molar-refractivity contribution is -0.141. The van der Waals surface area contributed by atoms with Gasteiger partial charge in [-0.1, -0.05) is 11.6 Å². The number of ether oxygens (including phenoxy) is 3. The fourth-order valence-electron chi connectivity index (χ4n) is 2.08. The van der Waals surface area contributed by atoms with Crippen molar-refractivity contribution in [3.05, 3.63) is 52.8 Å². The number of pyridine rings is 1. The molecule has 8 nitrogen and oxygen atoms in total. The Balaban J connectivity index is 1.86. The highest BCUT2D eigenvalue weighted by Crippen LogP contribution is 2.24. The Morgan fingerprint density at radius 1 is 1.11 bits per heavy atom. The van der Waals surface area contributed by atoms with E-state index in [0.717, 1.165) is 0 Å². The number of Topliss-reactive ketones (excluding diaryl/α,β-unsaturated/α-hetero) is 1. The molecule has 2 rings (SSSR count). The van der Waals surface area contributed by atoms with Crippen LogP contribution in [0.3, 0.4) is 0 Å². The molecule has 1 N–H and O–H groups in total. The molecule has 0 fully saturated rings. The first-order valence-corrected chi connectivity index (χ1v) is 8.13. The Kier molecular flexibility index (Phi) is 7.13. The van der Waals surface area contributed by atoms with Gasteiger partial charge < -0.3 is 19.5 Å². The van der Waals surface area contributed by atoms with Crippen molar-refractivity contribution in [1.29, 1.82) is 0 Å². The van der Waals surface area contributed by atoms with Crippen LogP contribution in [0.1, 0.15) is 20.8 Å². The van der Waals surface area contributed by atoms with E-state index in [0.29, 0.717) is 16.5 Å². The van der Waals surface area contributed by atoms with Crippen LogP contribution in [-0.4, -0.2) is 50.0 Å². The number of hydrogen-bond donors (Lipinski definition) is 1. The van der Waals surface area contributed by atoms with Gasteiger partial charge in [0.1, 0.15) is 23.7 Å². The van der Waals surface area contributed by atoms with Crippen molar-refractivity contribution < 1.29 is 28.6 Å². The molecule has 0 saturated heterocycles. The maximum atomic E-state index is 12.2. The summed E-state index contributed by atoms with van der Waals surface area (Å²) in [5, 5.41) is 2.68. The number of hydrogen-bond acceptors (Lipinski definition) is 7. The van der Waals surface area contributed by atoms with E-state index in [1.807, 2.05) is 0 Å². The summed E-state index contributed by atoms with van der Waals surface area (Å²) in [5.41, 5.74) is 0.313. The van der Waals surface area contributed by atoms with Crippen LogP contribution in [0.2, 0.25) is 5.02 Å². The Bertz CT molecular complexity index is 855. The first-order valence-electron chi connectivity index (χ1n) is 7.75. The van der Waals surface area contributed by atoms with Gasteiger partial charge >= 0.3 is 5.97 Å². The van der Waals surface area contributed by atoms with E-state index in [2.05, 4.69) is 10.3 Å². The average Bonchev–Trinajstić information content (AvgIpc) is 2.69. The fraction of sp³-hybridized carbons (Fsp3) is 0.222. The number of methoxy groups -OCH3 is 2. The van der Waals surface area contributed by atoms with E-state index in [1.165, 1.54) is 38.6 Å². The number of nitrogens with one attached hydrogen (secondary N) is 1. The van der Waals surface area contributed by atoms with Crippen LogP contribution >= 0.6 is 11.6 Å². The van der Waals surface area contributed by atoms with E-state index < -0.39 is 30.8 Å². The molecule has 0 unspecified atom stereocenters. The lowest BCUT2D eigenvalue weighted by Gasteiger charge is -2.10. The third-order valence-electron chi connectivity index (χ3n) is 3.42. The average molecular weight is 393 g/mol. The van der Waals surface area contributed by atoms with Crippen molar-refractivity contribution in [3.63, 3.8) is 0 Å². The van der Waals surface area contributed by atoms with Gasteiger partial charge in [-0.3, -0.25) is 19.4 Å². The van der Waals surface area contributed by atoms with Gasteiger partial charge in [-0.25, -0.2) is 0 Å². The predicted octanol–water partition coefficient (Wildman–Crippen LogP) is 1.91. The maximum absolute atomic E-state index is 12.2. The number of carbonyl (C=O) groups excluding carboxylic acids is 3. The molecule has 0 aliphatic heterocycles. The summed E-state index contributed by atoms with van der Waals surface area (Å²) in [7, 11) is 2.90. The minimum atomic E-state index is -0.772. The SMILES string of the molecule is COc1ccc(C(=O)COC(=O)CNC(=O)c2cc(Cl)ccn2)c(OC)c1. The summed E-state index contributed by atoms with van der Waals surface area (Å²) in [4.78, 5) is 39.7. The third kappa shape index (κ3) is 5.68. The molecule has 0 radical (unpaired) electrons. The number of aromatic nitrogens is 1. The molecule has 0 saturated carbocycles. The monoisotopic (exact) mass is 392 g/mol. The van der Waals surface area contributed by atoms with Gasteiger partial charge in [-0.2, -0.15) is 0 Å². The molecule has 142 valence electrons. The van der Waals surface area contributed by atoms with Crippen molar-refractivity contribution in [2.24, 2.45) is 0 Å². The number of rotatable bonds is 8. The number of carbonyl (C=O) groups is 3. The van der Waals surface area contributed by atoms with E-state index in [4.69, 9.17) is 25.8 Å². The Morgan fingerprint density at radius 2 is 1.89 bits per heavy atom. The smallest absolute Gasteiger partial charge is 0.325 e. The van der Waals surface area contributed by atoms with Crippen molar-refractivity contribution in [3.8, 4) is 11.5 Å². The second-order valence-electron chi connectivity index (χ2n) is 5.19. The van der Waals surface area contributed by atoms with Gasteiger partial charge in [0.25, 0.3) is 5.91 Å². The maximum Gasteiger partial charge on any atom is 0.325 e. The van der Waals surface area contributed by atoms with Crippen LogP contribution < -0.4 is 14.8 Å². The van der Waals surface area contributed by atoms with E-state index in [-0.39, 0.29) is 11.3 Å². The largest absolute Gasteiger partial charge is 0.497 e. The molecule has 2 aromatic rings. The molecule has 0 aliphatic rings. The quantitative estimate of drug-likeness (QED) is 0.540. The predicted molar refractivity (Wildman–Crippen MR) is 96.4 cm³/mol. The zero-order valence-electron chi connectivity index (χ0n) is 14.7. The van der Waals surface area contributed by atoms with E-state index >= 15 is 0 Å². The second-order valence-corrected chi connectivity index (χ2v) is 5.63. The second kappa shape index (κ2) is 9.54. The van der Waals surface area contributed by atoms with Gasteiger partial charge in [0, 0.05) is 17.3 Å². The van der Waals surface area contributed by atoms with Crippen LogP contribution in [0.25, 0.3) is 0 Å². The Labute approximate surface area is 160 Å². The highest BCUT2D eigenvalue weighted by molar-refractivity contribution is 6.30. The number of benzene rings is 1. The lowest BCUT2D eigenvalue weighted by atomic mass is 10.1. The summed E-state index contributed by atoms with van der Waals surface area (Å²) < 4.78 is 15.1. The molecular formula is C18H17ClN2O6. The summed E-state index contributed by atoms with van der Waals surface area (Å²) in [6.45, 7) is -0.910. The molecule has 0 spiro atoms. The number of amides is 1. The molecule has 1 aromatic heterocycles. The fourth-order valence-corrected chi connectivity index (χ4v) is 2.24. The minimum Gasteiger partial charge on any atom is -0.497 e. The molecule has 9 heteroatoms. The highest BCUT2D eigenvalue weighted by atomic mass is 35.5. The number of halogens is 1. The first kappa shape index (κ1) is 20.2. The Morgan fingerprint density at radius 3 is 2.56 bits per heavy atom. The third-order valence-corrected chi connectivity index (χ3v) is 3.66. The first-order chi connectivity index (χ1) is 12.9. The molecule has 0 aliphatic carbocycles. The molecule has 1 amide bonds. The van der Waals surface area contributed by atoms with Crippen molar-refractivity contribution in [1.82, 2.24) is 10.3 Å². The lowest BCUT2D eigenvalue weighted by Crippen LogP contribution is -2.32. The van der Waals surface area contributed by atoms with E-state index in [1.54, 1.807) is 12.1 Å². The summed E-state index contributed by atoms with van der Waals surface area (Å²) >= 11 is 5.77. The number of nitrogens with zero attached hydrogens (tertiary/aromatic N) is 1. The van der Waals surface area contributed by atoms with Crippen LogP contribution in [-0.2, 0) is 9.53 Å². The van der Waals surface area contributed by atoms with Crippen molar-refractivity contribution in [2.75, 3.05) is 27.4 Å². The molecular weight excluding hydrogens is 376 g/mol. The summed E-state index contributed by atoms with van der Waals surface area (Å²) in [6.07, 6.45) is 1.37. The summed E-state index contributed by atoms with van der Waals surface area (Å²) in [6, 6.07) is 7.54. The van der Waals surface area contributed by atoms with Gasteiger partial charge in [-0.15, -0.1) is 0 Å². The van der Waals surface area contributed by atoms with Gasteiger partial charge in [0.2, 0.25) is 5.78 Å². The summed E-state index contributed by atoms with van der Waals surface area (Å²) in [5.74, 6) is -0.983. The topological polar surface area (TPSA) is 104 Å². The van der Waals surface area contributed by atoms with Crippen LogP contribution in [0.4, 0.5) is 0 Å². The molecule has 0 atom stereocenters. The highest BCUT2D eigenvalue weighted by Gasteiger charge is 2.16. The van der Waals surface area contributed by atoms with Crippen molar-refractivity contribution >= 4 is 29.3 Å². The van der Waals surface area contributed by atoms with E-state index in [9.17, 15) is 14.4 Å². The standard InChI is InChI=1S/C18H17ClN2O6/c1-25-12-3-4-13(16(8-12)26-2)15(22)10-27-17(23)9-21-18(24)14-7-11(19)5-6-20-14/h3-8H,9-10H2,1-2H3,(H,21,24). The van der Waals surface area contributed by atoms with Crippen LogP contribution in [0, 0.1) is 0 Å². The molecule has 27 heavy (non-hydrogen) atoms. The normalized spacial score (nSPS) is 10.0. The van der Waals surface area contributed by atoms with Gasteiger partial charge in [0.05, 0.1) is 19.8 Å². The molecule has 1 heterocycles. The minimum absolute atomic E-state index is 0.0642. The zero-order chi connectivity index (χ0) is 19.8. The van der Waals surface area contributed by atoms with Crippen molar-refractivity contribution in [2.45, 2.75) is 0 Å². The Hall–Kier alpha value is -3.13. The molecule has 0 bridgehead atoms. The van der Waals surface area contributed by atoms with Gasteiger partial charge in [0.15, 0.2) is 6.61 Å². The van der Waals surface area contributed by atoms with Gasteiger partial charge in [-0.05, 0) is 24.3 Å². The number of ketones is 1.